The number of nitrogens with zero attached hydrogens (tertiary/aromatic N) is 4. The monoisotopic (exact) mass is 417 g/mol. The molecule has 0 amide bonds. The van der Waals surface area contributed by atoms with Gasteiger partial charge in [0.2, 0.25) is 5.95 Å². The zero-order chi connectivity index (χ0) is 15.3. The van der Waals surface area contributed by atoms with Gasteiger partial charge >= 0.3 is 0 Å². The van der Waals surface area contributed by atoms with E-state index < -0.39 is 36.7 Å². The fourth-order valence-electron chi connectivity index (χ4n) is 2.36. The van der Waals surface area contributed by atoms with Crippen molar-refractivity contribution in [3.63, 3.8) is 0 Å². The number of hydrogen-bond donors (Lipinski definition) is 4. The molecule has 2 aromatic heterocycles. The molecule has 1 fully saturated rings. The minimum absolute atomic E-state index is 0. The Morgan fingerprint density at radius 1 is 1.41 bits per heavy atom. The molecule has 0 aliphatic carbocycles. The molecule has 0 unspecified atom stereocenters. The van der Waals surface area contributed by atoms with Crippen molar-refractivity contribution in [2.75, 3.05) is 12.3 Å². The molecule has 1 aliphatic heterocycles. The van der Waals surface area contributed by atoms with E-state index in [0.29, 0.717) is 0 Å². The van der Waals surface area contributed by atoms with E-state index in [1.54, 1.807) is 0 Å². The summed E-state index contributed by atoms with van der Waals surface area (Å²) in [6.45, 7) is -0.446. The van der Waals surface area contributed by atoms with Gasteiger partial charge in [-0.3, -0.25) is 13.9 Å². The van der Waals surface area contributed by atoms with E-state index in [2.05, 4.69) is 9.97 Å². The predicted molar refractivity (Wildman–Crippen MR) is 75.9 cm³/mol. The first-order valence-electron chi connectivity index (χ1n) is 6.27. The summed E-state index contributed by atoms with van der Waals surface area (Å²) in [5, 5.41) is 28.9. The maximum atomic E-state index is 12.0. The van der Waals surface area contributed by atoms with Crippen LogP contribution in [-0.2, 0) is 11.8 Å². The van der Waals surface area contributed by atoms with Crippen LogP contribution in [0.25, 0.3) is 11.2 Å². The summed E-state index contributed by atoms with van der Waals surface area (Å²) in [7, 11) is 1.47. The van der Waals surface area contributed by atoms with Gasteiger partial charge in [0.1, 0.15) is 18.3 Å². The van der Waals surface area contributed by atoms with Gasteiger partial charge in [-0.05, 0) is 0 Å². The summed E-state index contributed by atoms with van der Waals surface area (Å²) in [5.41, 5.74) is 5.44. The zero-order valence-electron chi connectivity index (χ0n) is 11.6. The van der Waals surface area contributed by atoms with Crippen molar-refractivity contribution in [3.8, 4) is 0 Å². The quantitative estimate of drug-likeness (QED) is 0.378. The Morgan fingerprint density at radius 3 is 2.68 bits per heavy atom. The molecule has 1 aliphatic rings. The third-order valence-corrected chi connectivity index (χ3v) is 3.63. The number of imidazole rings is 1. The number of ether oxygens (including phenoxy) is 1. The molecular formula is C11H15N5O5Sn. The van der Waals surface area contributed by atoms with Crippen LogP contribution in [0.15, 0.2) is 11.1 Å². The first-order chi connectivity index (χ1) is 9.95. The molecule has 0 saturated carbocycles. The second-order valence-corrected chi connectivity index (χ2v) is 4.89. The Kier molecular flexibility index (Phi) is 4.77. The molecular weight excluding hydrogens is 401 g/mol. The fraction of sp³-hybridized carbons (Fsp3) is 0.545. The van der Waals surface area contributed by atoms with Gasteiger partial charge in [-0.1, -0.05) is 0 Å². The van der Waals surface area contributed by atoms with E-state index in [9.17, 15) is 15.0 Å². The first-order valence-corrected chi connectivity index (χ1v) is 6.27. The summed E-state index contributed by atoms with van der Waals surface area (Å²) < 4.78 is 7.85. The van der Waals surface area contributed by atoms with E-state index in [1.165, 1.54) is 17.9 Å². The van der Waals surface area contributed by atoms with Crippen LogP contribution in [0.1, 0.15) is 6.23 Å². The summed E-state index contributed by atoms with van der Waals surface area (Å²) in [4.78, 5) is 20.0. The molecule has 0 spiro atoms. The molecule has 3 rings (SSSR count). The molecule has 10 nitrogen and oxygen atoms in total. The van der Waals surface area contributed by atoms with Crippen molar-refractivity contribution in [2.45, 2.75) is 24.5 Å². The van der Waals surface area contributed by atoms with E-state index in [1.807, 2.05) is 0 Å². The number of fused-ring (bicyclic) bond motifs is 1. The summed E-state index contributed by atoms with van der Waals surface area (Å²) >= 11 is 0. The number of aliphatic hydroxyl groups is 3. The Bertz CT molecular complexity index is 746. The Morgan fingerprint density at radius 2 is 2.09 bits per heavy atom. The van der Waals surface area contributed by atoms with Crippen LogP contribution < -0.4 is 11.3 Å². The third-order valence-electron chi connectivity index (χ3n) is 3.63. The summed E-state index contributed by atoms with van der Waals surface area (Å²) in [6, 6.07) is 0. The summed E-state index contributed by atoms with van der Waals surface area (Å²) in [6.07, 6.45) is -3.20. The molecule has 2 aromatic rings. The molecule has 11 heteroatoms. The van der Waals surface area contributed by atoms with Gasteiger partial charge in [-0.15, -0.1) is 0 Å². The SMILES string of the molecule is Cn1c(N)nc2c(ncn2[C@@H]2O[C@H](CO)[C@@H](O)[C@H]2O)c1=O.[Sn]. The molecule has 4 atom stereocenters. The smallest absolute Gasteiger partial charge is 0.282 e. The van der Waals surface area contributed by atoms with Crippen molar-refractivity contribution in [2.24, 2.45) is 7.05 Å². The van der Waals surface area contributed by atoms with Crippen molar-refractivity contribution >= 4 is 41.0 Å². The third kappa shape index (κ3) is 2.40. The van der Waals surface area contributed by atoms with Crippen molar-refractivity contribution in [1.29, 1.82) is 0 Å². The van der Waals surface area contributed by atoms with Gasteiger partial charge < -0.3 is 25.8 Å². The molecule has 1 saturated heterocycles. The van der Waals surface area contributed by atoms with Gasteiger partial charge in [0, 0.05) is 31.0 Å². The van der Waals surface area contributed by atoms with E-state index in [4.69, 9.17) is 15.6 Å². The molecule has 4 radical (unpaired) electrons. The molecule has 22 heavy (non-hydrogen) atoms. The number of nitrogen functional groups attached to an aromatic ring is 1. The number of rotatable bonds is 2. The molecule has 3 heterocycles. The van der Waals surface area contributed by atoms with Crippen LogP contribution >= 0.6 is 0 Å². The molecule has 0 aromatic carbocycles. The van der Waals surface area contributed by atoms with E-state index >= 15 is 0 Å². The van der Waals surface area contributed by atoms with Crippen LogP contribution in [-0.4, -0.2) is 83.2 Å². The van der Waals surface area contributed by atoms with Crippen molar-refractivity contribution in [1.82, 2.24) is 19.1 Å². The number of aliphatic hydroxyl groups excluding tert-OH is 3. The normalized spacial score (nSPS) is 28.0. The predicted octanol–water partition coefficient (Wildman–Crippen LogP) is -3.06. The number of aromatic nitrogens is 4. The van der Waals surface area contributed by atoms with Crippen molar-refractivity contribution < 1.29 is 20.1 Å². The Hall–Kier alpha value is -1.21. The van der Waals surface area contributed by atoms with E-state index in [0.717, 1.165) is 4.57 Å². The second kappa shape index (κ2) is 6.12. The summed E-state index contributed by atoms with van der Waals surface area (Å²) in [5.74, 6) is -0.0130. The molecule has 0 bridgehead atoms. The van der Waals surface area contributed by atoms with Gasteiger partial charge in [-0.2, -0.15) is 4.98 Å². The fourth-order valence-corrected chi connectivity index (χ4v) is 2.36. The maximum Gasteiger partial charge on any atom is 0.282 e. The van der Waals surface area contributed by atoms with Crippen LogP contribution in [0.5, 0.6) is 0 Å². The maximum absolute atomic E-state index is 12.0. The van der Waals surface area contributed by atoms with Gasteiger partial charge in [0.05, 0.1) is 12.9 Å². The van der Waals surface area contributed by atoms with Crippen molar-refractivity contribution in [3.05, 3.63) is 16.7 Å². The standard InChI is InChI=1S/C11H15N5O5.Sn/c1-15-9(20)5-8(14-11(15)12)16(3-13-5)10-7(19)6(18)4(2-17)21-10;/h3-4,6-7,10,17-19H,2H2,1H3,(H2,12,14);/t4-,6-,7-,10-;/m1./s1. The molecule has 118 valence electrons. The number of hydrogen-bond acceptors (Lipinski definition) is 8. The Labute approximate surface area is 141 Å². The largest absolute Gasteiger partial charge is 0.394 e. The zero-order valence-corrected chi connectivity index (χ0v) is 14.5. The second-order valence-electron chi connectivity index (χ2n) is 4.89. The molecule has 5 N–H and O–H groups in total. The van der Waals surface area contributed by atoms with Crippen LogP contribution in [0.3, 0.4) is 0 Å². The van der Waals surface area contributed by atoms with Crippen LogP contribution in [0.4, 0.5) is 5.95 Å². The average Bonchev–Trinajstić information content (AvgIpc) is 2.99. The van der Waals surface area contributed by atoms with Gasteiger partial charge in [-0.25, -0.2) is 4.98 Å². The first kappa shape index (κ1) is 17.1. The van der Waals surface area contributed by atoms with Crippen LogP contribution in [0, 0.1) is 0 Å². The van der Waals surface area contributed by atoms with Gasteiger partial charge in [0.25, 0.3) is 5.56 Å². The minimum atomic E-state index is -1.29. The number of anilines is 1. The van der Waals surface area contributed by atoms with Gasteiger partial charge in [0.15, 0.2) is 17.4 Å². The topological polar surface area (TPSA) is 149 Å². The minimum Gasteiger partial charge on any atom is -0.394 e. The number of nitrogens with two attached hydrogens (primary N) is 1. The van der Waals surface area contributed by atoms with E-state index in [-0.39, 0.29) is 41.0 Å². The van der Waals surface area contributed by atoms with Crippen LogP contribution in [0.2, 0.25) is 0 Å². The Balaban J connectivity index is 0.00000176. The average molecular weight is 416 g/mol.